The summed E-state index contributed by atoms with van der Waals surface area (Å²) < 4.78 is 0. The van der Waals surface area contributed by atoms with E-state index < -0.39 is 22.4 Å². The van der Waals surface area contributed by atoms with Crippen LogP contribution in [0.4, 0.5) is 0 Å². The van der Waals surface area contributed by atoms with Gasteiger partial charge in [-0.1, -0.05) is 13.8 Å². The van der Waals surface area contributed by atoms with Crippen LogP contribution >= 0.6 is 0 Å². The van der Waals surface area contributed by atoms with Crippen LogP contribution in [0.15, 0.2) is 0 Å². The first kappa shape index (κ1) is 28.8. The third kappa shape index (κ3) is 13.6. The lowest BCUT2D eigenvalue weighted by Gasteiger charge is -2.41. The number of hydrogen-bond acceptors (Lipinski definition) is 6. The van der Waals surface area contributed by atoms with Crippen LogP contribution in [0.2, 0.25) is 0 Å². The fraction of sp³-hybridized carbons (Fsp3) is 1.00. The molecular formula is C23H48O6. The zero-order chi connectivity index (χ0) is 23.3. The maximum absolute atomic E-state index is 6.02. The Kier molecular flexibility index (Phi) is 10.3. The third-order valence-corrected chi connectivity index (χ3v) is 3.83. The predicted molar refractivity (Wildman–Crippen MR) is 116 cm³/mol. The molecule has 0 aromatic heterocycles. The zero-order valence-corrected chi connectivity index (χ0v) is 21.5. The molecule has 2 unspecified atom stereocenters. The number of rotatable bonds is 11. The van der Waals surface area contributed by atoms with Gasteiger partial charge in [-0.3, -0.25) is 0 Å². The molecule has 29 heavy (non-hydrogen) atoms. The molecule has 6 nitrogen and oxygen atoms in total. The van der Waals surface area contributed by atoms with Gasteiger partial charge >= 0.3 is 0 Å². The van der Waals surface area contributed by atoms with Gasteiger partial charge in [-0.25, -0.2) is 29.3 Å². The van der Waals surface area contributed by atoms with Crippen molar-refractivity contribution in [1.29, 1.82) is 0 Å². The molecule has 2 atom stereocenters. The van der Waals surface area contributed by atoms with E-state index >= 15 is 0 Å². The van der Waals surface area contributed by atoms with Gasteiger partial charge in [-0.2, -0.15) is 0 Å². The highest BCUT2D eigenvalue weighted by molar-refractivity contribution is 4.88. The molecule has 0 aliphatic heterocycles. The average molecular weight is 421 g/mol. The highest BCUT2D eigenvalue weighted by Crippen LogP contribution is 2.35. The van der Waals surface area contributed by atoms with Crippen molar-refractivity contribution in [3.05, 3.63) is 0 Å². The summed E-state index contributed by atoms with van der Waals surface area (Å²) in [4.78, 5) is 34.6. The normalized spacial score (nSPS) is 17.5. The summed E-state index contributed by atoms with van der Waals surface area (Å²) in [6, 6.07) is 0. The Balaban J connectivity index is 5.45. The van der Waals surface area contributed by atoms with Crippen molar-refractivity contribution in [2.45, 2.75) is 144 Å². The molecule has 0 saturated heterocycles. The molecule has 0 fully saturated rings. The second-order valence-corrected chi connectivity index (χ2v) is 12.1. The number of hydrogen-bond donors (Lipinski definition) is 0. The van der Waals surface area contributed by atoms with Crippen molar-refractivity contribution in [3.63, 3.8) is 0 Å². The van der Waals surface area contributed by atoms with Crippen LogP contribution in [0.25, 0.3) is 0 Å². The predicted octanol–water partition coefficient (Wildman–Crippen LogP) is 6.57. The lowest BCUT2D eigenvalue weighted by Crippen LogP contribution is -2.50. The molecule has 0 rings (SSSR count). The molecule has 0 N–H and O–H groups in total. The highest BCUT2D eigenvalue weighted by atomic mass is 17.2. The average Bonchev–Trinajstić information content (AvgIpc) is 2.47. The van der Waals surface area contributed by atoms with Crippen LogP contribution < -0.4 is 0 Å². The van der Waals surface area contributed by atoms with Gasteiger partial charge in [0, 0.05) is 0 Å². The molecule has 0 saturated carbocycles. The van der Waals surface area contributed by atoms with Crippen molar-refractivity contribution in [2.75, 3.05) is 0 Å². The summed E-state index contributed by atoms with van der Waals surface area (Å²) >= 11 is 0. The molecule has 0 amide bonds. The Bertz CT molecular complexity index is 467. The van der Waals surface area contributed by atoms with Gasteiger partial charge in [0.15, 0.2) is 0 Å². The van der Waals surface area contributed by atoms with Crippen molar-refractivity contribution in [2.24, 2.45) is 5.92 Å². The molecule has 0 aliphatic carbocycles. The summed E-state index contributed by atoms with van der Waals surface area (Å²) in [7, 11) is 0. The molecular weight excluding hydrogens is 372 g/mol. The van der Waals surface area contributed by atoms with Crippen LogP contribution in [0, 0.1) is 5.92 Å². The molecule has 0 spiro atoms. The summed E-state index contributed by atoms with van der Waals surface area (Å²) in [5, 5.41) is 0. The molecule has 0 bridgehead atoms. The molecule has 0 aromatic rings. The molecule has 0 aromatic carbocycles. The summed E-state index contributed by atoms with van der Waals surface area (Å²) in [5.74, 6) is 0.140. The first-order valence-electron chi connectivity index (χ1n) is 10.7. The SMILES string of the molecule is CC(C)C(OOC(C)(C)C)C(C)(CCC(C)(C)OOC(C)(C)C)OOC(C)(C)C. The Hall–Kier alpha value is -0.240. The summed E-state index contributed by atoms with van der Waals surface area (Å²) in [6.07, 6.45) is 0.957. The van der Waals surface area contributed by atoms with E-state index in [1.807, 2.05) is 83.1 Å². The highest BCUT2D eigenvalue weighted by Gasteiger charge is 2.44. The van der Waals surface area contributed by atoms with E-state index in [0.29, 0.717) is 12.8 Å². The van der Waals surface area contributed by atoms with E-state index in [1.165, 1.54) is 0 Å². The van der Waals surface area contributed by atoms with Gasteiger partial charge < -0.3 is 0 Å². The van der Waals surface area contributed by atoms with Gasteiger partial charge in [-0.15, -0.1) is 0 Å². The first-order chi connectivity index (χ1) is 12.7. The Morgan fingerprint density at radius 3 is 1.31 bits per heavy atom. The van der Waals surface area contributed by atoms with Crippen molar-refractivity contribution < 1.29 is 29.3 Å². The lowest BCUT2D eigenvalue weighted by molar-refractivity contribution is -0.462. The van der Waals surface area contributed by atoms with Crippen LogP contribution in [-0.4, -0.2) is 34.1 Å². The van der Waals surface area contributed by atoms with Crippen molar-refractivity contribution in [3.8, 4) is 0 Å². The lowest BCUT2D eigenvalue weighted by atomic mass is 9.84. The second-order valence-electron chi connectivity index (χ2n) is 12.1. The van der Waals surface area contributed by atoms with Gasteiger partial charge in [0.2, 0.25) is 0 Å². The minimum absolute atomic E-state index is 0.140. The Morgan fingerprint density at radius 1 is 0.517 bits per heavy atom. The standard InChI is InChI=1S/C23H48O6/c1-17(2)18(24-25-19(3,4)5)23(14,29-27-21(9,10)11)16-15-22(12,13)28-26-20(6,7)8/h17-18H,15-16H2,1-14H3. The Labute approximate surface area is 179 Å². The van der Waals surface area contributed by atoms with Gasteiger partial charge in [0.1, 0.15) is 11.7 Å². The zero-order valence-electron chi connectivity index (χ0n) is 21.5. The van der Waals surface area contributed by atoms with E-state index in [4.69, 9.17) is 29.3 Å². The van der Waals surface area contributed by atoms with Crippen LogP contribution in [-0.2, 0) is 29.3 Å². The summed E-state index contributed by atoms with van der Waals surface area (Å²) in [5.41, 5.74) is -2.52. The maximum Gasteiger partial charge on any atom is 0.130 e. The van der Waals surface area contributed by atoms with E-state index in [9.17, 15) is 0 Å². The molecule has 6 heteroatoms. The van der Waals surface area contributed by atoms with Crippen LogP contribution in [0.1, 0.15) is 110 Å². The van der Waals surface area contributed by atoms with Gasteiger partial charge in [0.05, 0.1) is 22.4 Å². The summed E-state index contributed by atoms with van der Waals surface area (Å²) in [6.45, 7) is 27.8. The first-order valence-corrected chi connectivity index (χ1v) is 10.7. The minimum Gasteiger partial charge on any atom is -0.231 e. The largest absolute Gasteiger partial charge is 0.231 e. The third-order valence-electron chi connectivity index (χ3n) is 3.83. The van der Waals surface area contributed by atoms with Gasteiger partial charge in [-0.05, 0) is 102 Å². The Morgan fingerprint density at radius 2 is 0.931 bits per heavy atom. The molecule has 0 heterocycles. The fourth-order valence-corrected chi connectivity index (χ4v) is 2.39. The fourth-order valence-electron chi connectivity index (χ4n) is 2.39. The maximum atomic E-state index is 6.02. The van der Waals surface area contributed by atoms with Crippen LogP contribution in [0.5, 0.6) is 0 Å². The smallest absolute Gasteiger partial charge is 0.130 e. The second kappa shape index (κ2) is 10.4. The van der Waals surface area contributed by atoms with E-state index in [2.05, 4.69) is 13.8 Å². The molecule has 0 radical (unpaired) electrons. The minimum atomic E-state index is -0.755. The van der Waals surface area contributed by atoms with Crippen molar-refractivity contribution in [1.82, 2.24) is 0 Å². The molecule has 0 aliphatic rings. The monoisotopic (exact) mass is 420 g/mol. The van der Waals surface area contributed by atoms with E-state index in [-0.39, 0.29) is 17.6 Å². The molecule has 176 valence electrons. The van der Waals surface area contributed by atoms with E-state index in [1.54, 1.807) is 0 Å². The van der Waals surface area contributed by atoms with E-state index in [0.717, 1.165) is 0 Å². The quantitative estimate of drug-likeness (QED) is 0.278. The van der Waals surface area contributed by atoms with Crippen LogP contribution in [0.3, 0.4) is 0 Å². The van der Waals surface area contributed by atoms with Crippen molar-refractivity contribution >= 4 is 0 Å². The van der Waals surface area contributed by atoms with Gasteiger partial charge in [0.25, 0.3) is 0 Å². The topological polar surface area (TPSA) is 55.4 Å².